The number of rotatable bonds is 29. The van der Waals surface area contributed by atoms with Crippen molar-refractivity contribution in [2.45, 2.75) is 97.1 Å². The lowest BCUT2D eigenvalue weighted by Crippen LogP contribution is -2.53. The van der Waals surface area contributed by atoms with E-state index in [1.807, 2.05) is 75.4 Å². The topological polar surface area (TPSA) is 96.5 Å². The highest BCUT2D eigenvalue weighted by Crippen LogP contribution is 2.27. The fourth-order valence-electron chi connectivity index (χ4n) is 6.19. The first kappa shape index (κ1) is 42.3. The predicted octanol–water partition coefficient (Wildman–Crippen LogP) is 8.45. The van der Waals surface area contributed by atoms with Gasteiger partial charge in [0.25, 0.3) is 0 Å². The lowest BCUT2D eigenvalue weighted by molar-refractivity contribution is 0.0708. The van der Waals surface area contributed by atoms with Gasteiger partial charge in [-0.2, -0.15) is 0 Å². The van der Waals surface area contributed by atoms with Crippen LogP contribution in [0.25, 0.3) is 0 Å². The van der Waals surface area contributed by atoms with E-state index in [0.717, 1.165) is 55.2 Å². The largest absolute Gasteiger partial charge is 0.500 e. The second kappa shape index (κ2) is 25.8. The Morgan fingerprint density at radius 3 is 1.29 bits per heavy atom. The normalized spacial score (nSPS) is 11.8. The first-order chi connectivity index (χ1) is 25.0. The third kappa shape index (κ3) is 17.8. The van der Waals surface area contributed by atoms with E-state index in [-0.39, 0.29) is 6.03 Å². The summed E-state index contributed by atoms with van der Waals surface area (Å²) in [6.07, 6.45) is 5.47. The summed E-state index contributed by atoms with van der Waals surface area (Å²) in [5, 5.41) is 6.55. The number of amides is 2. The molecule has 0 heterocycles. The van der Waals surface area contributed by atoms with E-state index in [4.69, 9.17) is 27.5 Å². The fraction of sp³-hybridized carbons (Fsp3) is 0.537. The molecule has 0 saturated carbocycles. The van der Waals surface area contributed by atoms with Crippen LogP contribution >= 0.6 is 0 Å². The molecule has 0 fully saturated rings. The van der Waals surface area contributed by atoms with E-state index in [9.17, 15) is 4.79 Å². The fourth-order valence-corrected chi connectivity index (χ4v) is 8.80. The monoisotopic (exact) mass is 722 g/mol. The van der Waals surface area contributed by atoms with Gasteiger partial charge in [-0.1, -0.05) is 91.0 Å². The average molecular weight is 723 g/mol. The third-order valence-electron chi connectivity index (χ3n) is 8.58. The average Bonchev–Trinajstić information content (AvgIpc) is 3.14. The Labute approximate surface area is 308 Å². The summed E-state index contributed by atoms with van der Waals surface area (Å²) in [5.74, 6) is 0. The number of urea groups is 1. The van der Waals surface area contributed by atoms with Crippen molar-refractivity contribution < 1.29 is 32.3 Å². The Balaban J connectivity index is 1.63. The van der Waals surface area contributed by atoms with Crippen molar-refractivity contribution in [2.24, 2.45) is 0 Å². The molecule has 2 amide bonds. The predicted molar refractivity (Wildman–Crippen MR) is 205 cm³/mol. The molecule has 0 aliphatic heterocycles. The number of hydrogen-bond acceptors (Lipinski definition) is 7. The van der Waals surface area contributed by atoms with E-state index in [1.165, 1.54) is 0 Å². The van der Waals surface area contributed by atoms with E-state index >= 15 is 0 Å². The molecule has 0 radical (unpaired) electrons. The van der Waals surface area contributed by atoms with Crippen molar-refractivity contribution in [3.63, 3.8) is 0 Å². The van der Waals surface area contributed by atoms with Gasteiger partial charge in [0.05, 0.1) is 19.8 Å². The first-order valence-corrected chi connectivity index (χ1v) is 20.8. The second-order valence-electron chi connectivity index (χ2n) is 12.7. The van der Waals surface area contributed by atoms with Crippen LogP contribution in [0.1, 0.15) is 82.4 Å². The van der Waals surface area contributed by atoms with Crippen molar-refractivity contribution >= 4 is 14.8 Å². The van der Waals surface area contributed by atoms with E-state index < -0.39 is 14.3 Å². The van der Waals surface area contributed by atoms with Crippen LogP contribution in [0, 0.1) is 0 Å². The summed E-state index contributed by atoms with van der Waals surface area (Å²) in [6, 6.07) is 31.1. The SMILES string of the molecule is CCO[Si](CCCNC(=O)NC(CCCOCc1ccccc1)(CCCOCc1ccccc1)CCCOCc1ccccc1)(OCC)OCC. The molecule has 0 aromatic heterocycles. The van der Waals surface area contributed by atoms with Crippen molar-refractivity contribution in [2.75, 3.05) is 46.2 Å². The van der Waals surface area contributed by atoms with Crippen molar-refractivity contribution in [1.82, 2.24) is 10.6 Å². The molecule has 0 bridgehead atoms. The Morgan fingerprint density at radius 2 is 0.941 bits per heavy atom. The zero-order valence-electron chi connectivity index (χ0n) is 31.2. The van der Waals surface area contributed by atoms with Crippen molar-refractivity contribution in [3.8, 4) is 0 Å². The molecule has 3 aromatic carbocycles. The number of nitrogens with one attached hydrogen (secondary N) is 2. The maximum Gasteiger partial charge on any atom is 0.500 e. The van der Waals surface area contributed by atoms with Crippen LogP contribution < -0.4 is 10.6 Å². The molecule has 2 N–H and O–H groups in total. The Hall–Kier alpha value is -3.09. The summed E-state index contributed by atoms with van der Waals surface area (Å²) >= 11 is 0. The van der Waals surface area contributed by atoms with Gasteiger partial charge in [0, 0.05) is 57.8 Å². The molecule has 0 saturated heterocycles. The summed E-state index contributed by atoms with van der Waals surface area (Å²) in [5.41, 5.74) is 3.00. The quantitative estimate of drug-likeness (QED) is 0.0549. The van der Waals surface area contributed by atoms with Crippen LogP contribution in [-0.2, 0) is 47.3 Å². The molecular formula is C41H62N2O7Si. The molecule has 282 valence electrons. The van der Waals surface area contributed by atoms with E-state index in [2.05, 4.69) is 47.0 Å². The molecule has 0 unspecified atom stereocenters. The van der Waals surface area contributed by atoms with Gasteiger partial charge in [0.15, 0.2) is 0 Å². The van der Waals surface area contributed by atoms with Crippen LogP contribution in [-0.4, -0.2) is 66.6 Å². The molecule has 3 rings (SSSR count). The summed E-state index contributed by atoms with van der Waals surface area (Å²) in [6.45, 7) is 11.5. The number of hydrogen-bond donors (Lipinski definition) is 2. The van der Waals surface area contributed by atoms with Gasteiger partial charge in [0.2, 0.25) is 0 Å². The van der Waals surface area contributed by atoms with Gasteiger partial charge in [-0.3, -0.25) is 0 Å². The third-order valence-corrected chi connectivity index (χ3v) is 11.7. The van der Waals surface area contributed by atoms with Crippen LogP contribution in [0.15, 0.2) is 91.0 Å². The highest BCUT2D eigenvalue weighted by Gasteiger charge is 2.39. The molecular weight excluding hydrogens is 661 g/mol. The van der Waals surface area contributed by atoms with Gasteiger partial charge in [-0.05, 0) is 82.4 Å². The molecule has 0 aliphatic rings. The van der Waals surface area contributed by atoms with Crippen molar-refractivity contribution in [1.29, 1.82) is 0 Å². The number of carbonyl (C=O) groups excluding carboxylic acids is 1. The molecule has 0 aliphatic carbocycles. The zero-order valence-corrected chi connectivity index (χ0v) is 32.2. The van der Waals surface area contributed by atoms with Crippen LogP contribution in [0.3, 0.4) is 0 Å². The molecule has 3 aromatic rings. The lowest BCUT2D eigenvalue weighted by Gasteiger charge is -2.36. The minimum absolute atomic E-state index is 0.174. The molecule has 10 heteroatoms. The number of ether oxygens (including phenoxy) is 3. The smallest absolute Gasteiger partial charge is 0.377 e. The first-order valence-electron chi connectivity index (χ1n) is 18.8. The Kier molecular flexibility index (Phi) is 21.4. The highest BCUT2D eigenvalue weighted by molar-refractivity contribution is 6.60. The number of carbonyl (C=O) groups is 1. The van der Waals surface area contributed by atoms with Gasteiger partial charge < -0.3 is 38.1 Å². The van der Waals surface area contributed by atoms with Crippen LogP contribution in [0.2, 0.25) is 6.04 Å². The van der Waals surface area contributed by atoms with Gasteiger partial charge >= 0.3 is 14.8 Å². The van der Waals surface area contributed by atoms with Crippen LogP contribution in [0.4, 0.5) is 4.79 Å². The minimum Gasteiger partial charge on any atom is -0.377 e. The summed E-state index contributed by atoms with van der Waals surface area (Å²) < 4.78 is 36.2. The van der Waals surface area contributed by atoms with Crippen LogP contribution in [0.5, 0.6) is 0 Å². The van der Waals surface area contributed by atoms with Gasteiger partial charge in [0.1, 0.15) is 0 Å². The number of benzene rings is 3. The Bertz CT molecular complexity index is 1150. The second-order valence-corrected chi connectivity index (χ2v) is 15.4. The maximum atomic E-state index is 13.6. The van der Waals surface area contributed by atoms with Gasteiger partial charge in [-0.15, -0.1) is 0 Å². The van der Waals surface area contributed by atoms with Gasteiger partial charge in [-0.25, -0.2) is 4.79 Å². The molecule has 51 heavy (non-hydrogen) atoms. The summed E-state index contributed by atoms with van der Waals surface area (Å²) in [4.78, 5) is 13.6. The molecule has 0 atom stereocenters. The van der Waals surface area contributed by atoms with Crippen molar-refractivity contribution in [3.05, 3.63) is 108 Å². The summed E-state index contributed by atoms with van der Waals surface area (Å²) in [7, 11) is -2.78. The Morgan fingerprint density at radius 1 is 0.569 bits per heavy atom. The highest BCUT2D eigenvalue weighted by atomic mass is 28.4. The van der Waals surface area contributed by atoms with E-state index in [1.54, 1.807) is 0 Å². The zero-order chi connectivity index (χ0) is 36.3. The molecule has 9 nitrogen and oxygen atoms in total. The van der Waals surface area contributed by atoms with E-state index in [0.29, 0.717) is 78.5 Å². The lowest BCUT2D eigenvalue weighted by atomic mass is 9.84. The molecule has 0 spiro atoms. The maximum absolute atomic E-state index is 13.6. The standard InChI is InChI=1S/C41H62N2O7Si/c1-4-48-51(49-5-2,50-6-3)33-19-29-42-40(44)43-41(26-16-30-45-34-37-20-10-7-11-21-37,27-17-31-46-35-38-22-12-8-13-23-38)28-18-32-47-36-39-24-14-9-15-25-39/h7-15,20-25H,4-6,16-19,26-36H2,1-3H3,(H2,42,43,44). The minimum atomic E-state index is -2.78.